The van der Waals surface area contributed by atoms with E-state index in [9.17, 15) is 57.2 Å². The molecule has 4 fully saturated rings. The number of thiazole rings is 2. The first-order valence-corrected chi connectivity index (χ1v) is 54.9. The Morgan fingerprint density at radius 2 is 1.04 bits per heavy atom. The SMILES string of the molecule is CC(C(=O)N1CCN(c2ccc(S(=O)(=O)Nc3ncns3)cc2)CC1)N1CCCc2cc(Cl)ccc21.C[C@H](C(=O)N1CCN(c2ccc(S(=O)(=O)Nc3nccs3)cc2)C[C@@H]1C)n1ccc2ccc(Cl)cc21.Cc1ccccc1CCN[C@H]1CCN(c2ccc(S(=O)(=O)Nc3nccs3)cc2)C1=O.Cc1nsc(NS(=O)(=O)c2ccc(N3CCN(C(=O)[C@@H](C)n4ccc5c(F)cccc54)CC3)cc2)n1.[HH].[HH].[HH].[HH].[HH].[HH].[HH].[HH]. The smallest absolute Gasteiger partial charge is 0.263 e. The van der Waals surface area contributed by atoms with E-state index in [4.69, 9.17) is 23.2 Å². The lowest BCUT2D eigenvalue weighted by Gasteiger charge is -2.42. The van der Waals surface area contributed by atoms with Crippen LogP contribution in [0.2, 0.25) is 10.0 Å². The van der Waals surface area contributed by atoms with Crippen molar-refractivity contribution in [2.24, 2.45) is 0 Å². The monoisotopic (exact) mass is 2090 g/mol. The average molecular weight is 2090 g/mol. The number of rotatable bonds is 26. The second kappa shape index (κ2) is 43.7. The first kappa shape index (κ1) is 99.8. The van der Waals surface area contributed by atoms with Gasteiger partial charge in [0.05, 0.1) is 36.7 Å². The number of carbonyl (C=O) groups is 4. The van der Waals surface area contributed by atoms with Crippen molar-refractivity contribution < 1.29 is 68.7 Å². The van der Waals surface area contributed by atoms with Crippen LogP contribution in [-0.4, -0.2) is 220 Å². The van der Waals surface area contributed by atoms with Gasteiger partial charge in [0.15, 0.2) is 10.3 Å². The van der Waals surface area contributed by atoms with E-state index in [1.165, 1.54) is 70.1 Å². The summed E-state index contributed by atoms with van der Waals surface area (Å²) in [6.07, 6.45) is 11.6. The number of amides is 4. The highest BCUT2D eigenvalue weighted by Gasteiger charge is 2.37. The summed E-state index contributed by atoms with van der Waals surface area (Å²) >= 11 is 16.8. The fraction of sp³-hybridized carbons (Fsp3) is 0.305. The molecule has 14 aromatic rings. The number of nitrogens with zero attached hydrogens (tertiary/aromatic N) is 16. The van der Waals surface area contributed by atoms with Crippen molar-refractivity contribution in [2.75, 3.05) is 135 Å². The molecular weight excluding hydrogens is 1970 g/mol. The van der Waals surface area contributed by atoms with Crippen LogP contribution in [-0.2, 0) is 72.1 Å². The Bertz CT molecular complexity index is 7210. The Morgan fingerprint density at radius 1 is 0.518 bits per heavy atom. The van der Waals surface area contributed by atoms with Crippen LogP contribution >= 0.6 is 68.9 Å². The molecule has 44 heteroatoms. The Hall–Kier alpha value is -12.2. The van der Waals surface area contributed by atoms with Gasteiger partial charge < -0.3 is 53.7 Å². The quantitative estimate of drug-likeness (QED) is 0.0336. The predicted octanol–water partition coefficient (Wildman–Crippen LogP) is 17.1. The van der Waals surface area contributed by atoms with Crippen molar-refractivity contribution in [1.82, 2.24) is 57.8 Å². The summed E-state index contributed by atoms with van der Waals surface area (Å²) in [5.41, 5.74) is 9.88. The number of anilines is 9. The molecule has 8 aromatic carbocycles. The Morgan fingerprint density at radius 3 is 1.58 bits per heavy atom. The first-order valence-electron chi connectivity index (χ1n) is 44.9. The molecule has 0 aliphatic carbocycles. The van der Waals surface area contributed by atoms with Crippen LogP contribution in [0.4, 0.5) is 53.4 Å². The molecule has 139 heavy (non-hydrogen) atoms. The topological polar surface area (TPSA) is 378 Å². The fourth-order valence-corrected chi connectivity index (χ4v) is 24.9. The number of carbonyl (C=O) groups excluding carboxylic acids is 4. The molecule has 6 aromatic heterocycles. The molecule has 1 unspecified atom stereocenters. The average Bonchev–Trinajstić information content (AvgIpc) is 1.56. The minimum absolute atomic E-state index is 0. The summed E-state index contributed by atoms with van der Waals surface area (Å²) in [7, 11) is -14.9. The van der Waals surface area contributed by atoms with Gasteiger partial charge in [-0.1, -0.05) is 59.6 Å². The molecule has 0 bridgehead atoms. The highest BCUT2D eigenvalue weighted by Crippen LogP contribution is 2.36. The minimum Gasteiger partial charge on any atom is -0.368 e. The predicted molar refractivity (Wildman–Crippen MR) is 564 cm³/mol. The summed E-state index contributed by atoms with van der Waals surface area (Å²) in [5, 5.41) is 10.8. The lowest BCUT2D eigenvalue weighted by atomic mass is 10.00. The number of sulfonamides is 4. The number of hydrogen-bond donors (Lipinski definition) is 5. The van der Waals surface area contributed by atoms with E-state index in [-0.39, 0.29) is 94.9 Å². The maximum Gasteiger partial charge on any atom is 0.263 e. The van der Waals surface area contributed by atoms with E-state index < -0.39 is 46.1 Å². The molecule has 0 radical (unpaired) electrons. The number of piperazine rings is 3. The standard InChI is InChI=1S/C25H26ClN5O3S2.C24H27ClN6O3S2.C24H25FN6O3S2.C22H24N4O3S2.8H2/c1-17-16-29(21-5-7-22(8-6-21)36(33,34)28-25-27-10-14-35-25)12-13-30(17)24(32)18(2)31-11-9-19-3-4-20(26)15-23(19)31;1-17(31-10-2-3-18-15-19(25)4-9-22(18)31)23(32)30-13-11-29(12-14-30)20-5-7-21(8-6-20)36(33,34)28-24-26-16-27-35-24;1-16(31-11-10-20-21(25)4-3-5-22(20)31)23(32)30-14-12-29(13-15-30)18-6-8-19(9-7-18)36(33,34)28-24-26-17(2)27-35-24;1-16-4-2-3-5-17(16)10-12-23-20-11-14-26(21(20)27)18-6-8-19(9-7-18)31(28,29)25-22-24-13-15-30-22;;;;;;;;/h3-11,14-15,17-18H,12-13,16H2,1-2H3,(H,27,28);4-9,15-17H,2-3,10-14H2,1H3,(H,26,27,28);3-11,16H,12-15H2,1-2H3,(H,26,27,28);2-9,13,15,20,23H,10-12,14H2,1H3,(H,24,25);8*1H/t17-,18+;;16-;20-;;;;;;;;/m0.10......../s1. The highest BCUT2D eigenvalue weighted by molar-refractivity contribution is 7.93. The molecule has 744 valence electrons. The lowest BCUT2D eigenvalue weighted by Crippen LogP contribution is -2.55. The molecule has 5 atom stereocenters. The lowest BCUT2D eigenvalue weighted by molar-refractivity contribution is -0.137. The van der Waals surface area contributed by atoms with E-state index in [0.717, 1.165) is 101 Å². The largest absolute Gasteiger partial charge is 0.368 e. The van der Waals surface area contributed by atoms with Crippen LogP contribution < -0.4 is 48.7 Å². The van der Waals surface area contributed by atoms with Gasteiger partial charge in [0.1, 0.15) is 36.1 Å². The maximum atomic E-state index is 14.1. The Labute approximate surface area is 844 Å². The molecule has 5 aliphatic heterocycles. The molecule has 0 spiro atoms. The summed E-state index contributed by atoms with van der Waals surface area (Å²) in [4.78, 5) is 85.3. The Balaban J connectivity index is 0.000000235. The van der Waals surface area contributed by atoms with Gasteiger partial charge in [-0.25, -0.2) is 58.0 Å². The number of hydrogen-bond acceptors (Lipinski definition) is 27. The molecule has 11 heterocycles. The van der Waals surface area contributed by atoms with E-state index >= 15 is 0 Å². The molecular formula is C95H118Cl2FN21O12S8. The van der Waals surface area contributed by atoms with Gasteiger partial charge in [0, 0.05) is 205 Å². The third-order valence-electron chi connectivity index (χ3n) is 24.9. The van der Waals surface area contributed by atoms with Crippen molar-refractivity contribution in [3.63, 3.8) is 0 Å². The number of aryl methyl sites for hydroxylation is 3. The van der Waals surface area contributed by atoms with E-state index in [1.807, 2.05) is 118 Å². The molecule has 19 rings (SSSR count). The van der Waals surface area contributed by atoms with Crippen LogP contribution in [0, 0.1) is 19.7 Å². The van der Waals surface area contributed by atoms with Gasteiger partial charge >= 0.3 is 0 Å². The van der Waals surface area contributed by atoms with Gasteiger partial charge in [-0.3, -0.25) is 38.1 Å². The number of fused-ring (bicyclic) bond motifs is 3. The van der Waals surface area contributed by atoms with E-state index in [0.29, 0.717) is 116 Å². The second-order valence-corrected chi connectivity index (χ2v) is 44.7. The zero-order valence-electron chi connectivity index (χ0n) is 76.5. The van der Waals surface area contributed by atoms with Gasteiger partial charge in [0.2, 0.25) is 33.9 Å². The van der Waals surface area contributed by atoms with Crippen LogP contribution in [0.1, 0.15) is 86.5 Å². The normalized spacial score (nSPS) is 16.6. The molecule has 5 aliphatic rings. The Kier molecular flexibility index (Phi) is 31.3. The van der Waals surface area contributed by atoms with Crippen molar-refractivity contribution in [2.45, 2.75) is 117 Å². The summed E-state index contributed by atoms with van der Waals surface area (Å²) in [6.45, 7) is 20.5. The molecule has 4 amide bonds. The van der Waals surface area contributed by atoms with Crippen LogP contribution in [0.15, 0.2) is 250 Å². The minimum atomic E-state index is -3.76. The van der Waals surface area contributed by atoms with Crippen molar-refractivity contribution in [1.29, 1.82) is 0 Å². The number of halogens is 3. The maximum absolute atomic E-state index is 14.1. The van der Waals surface area contributed by atoms with Gasteiger partial charge in [0.25, 0.3) is 40.1 Å². The number of nitrogens with one attached hydrogen (secondary N) is 5. The zero-order chi connectivity index (χ0) is 98.0. The zero-order valence-corrected chi connectivity index (χ0v) is 84.6. The summed E-state index contributed by atoms with van der Waals surface area (Å²) in [5.74, 6) is 0.396. The molecule has 4 saturated heterocycles. The van der Waals surface area contributed by atoms with Gasteiger partial charge in [-0.2, -0.15) is 8.75 Å². The molecule has 5 N–H and O–H groups in total. The number of aromatic nitrogens is 8. The second-order valence-electron chi connectivity index (χ2n) is 33.8. The van der Waals surface area contributed by atoms with Crippen LogP contribution in [0.5, 0.6) is 0 Å². The van der Waals surface area contributed by atoms with Gasteiger partial charge in [-0.05, 0) is 248 Å². The third-order valence-corrected chi connectivity index (χ3v) is 34.0. The fourth-order valence-electron chi connectivity index (χ4n) is 17.5. The highest BCUT2D eigenvalue weighted by atomic mass is 35.5. The van der Waals surface area contributed by atoms with Crippen molar-refractivity contribution >= 4 is 203 Å². The van der Waals surface area contributed by atoms with Crippen molar-refractivity contribution in [3.8, 4) is 0 Å². The summed E-state index contributed by atoms with van der Waals surface area (Å²) in [6, 6.07) is 53.7. The first-order chi connectivity index (χ1) is 66.7. The van der Waals surface area contributed by atoms with Gasteiger partial charge in [-0.15, -0.1) is 22.7 Å². The van der Waals surface area contributed by atoms with Crippen molar-refractivity contribution in [3.05, 3.63) is 268 Å². The van der Waals surface area contributed by atoms with Crippen LogP contribution in [0.3, 0.4) is 0 Å². The van der Waals surface area contributed by atoms with Crippen LogP contribution in [0.25, 0.3) is 21.8 Å². The molecule has 33 nitrogen and oxygen atoms in total. The van der Waals surface area contributed by atoms with E-state index in [2.05, 4.69) is 91.5 Å². The molecule has 0 saturated carbocycles. The third kappa shape index (κ3) is 23.8. The number of benzene rings is 8. The summed E-state index contributed by atoms with van der Waals surface area (Å²) < 4.78 is 136. The van der Waals surface area contributed by atoms with E-state index in [1.54, 1.807) is 132 Å².